The van der Waals surface area contributed by atoms with Crippen LogP contribution in [0.15, 0.2) is 73.1 Å². The van der Waals surface area contributed by atoms with E-state index < -0.39 is 11.1 Å². The van der Waals surface area contributed by atoms with Gasteiger partial charge < -0.3 is 15.6 Å². The van der Waals surface area contributed by atoms with Crippen molar-refractivity contribution in [1.29, 1.82) is 0 Å². The van der Waals surface area contributed by atoms with Crippen LogP contribution < -0.4 is 10.5 Å². The fourth-order valence-corrected chi connectivity index (χ4v) is 5.80. The number of rotatable bonds is 4. The SMILES string of the molecule is N[C@]1(c2ccc(-c3nc4n(c3-c3ccccc3)COc3ccncc3-4)cc2)C[C@](O)(C2CC2)C1. The largest absolute Gasteiger partial charge is 0.472 e. The molecule has 2 aromatic carbocycles. The molecule has 7 rings (SSSR count). The van der Waals surface area contributed by atoms with Gasteiger partial charge in [-0.15, -0.1) is 0 Å². The molecular formula is C28H26N4O2. The van der Waals surface area contributed by atoms with E-state index in [1.165, 1.54) is 0 Å². The maximum Gasteiger partial charge on any atom is 0.167 e. The summed E-state index contributed by atoms with van der Waals surface area (Å²) in [5.74, 6) is 2.09. The fourth-order valence-electron chi connectivity index (χ4n) is 5.80. The van der Waals surface area contributed by atoms with Crippen molar-refractivity contribution in [3.8, 4) is 39.7 Å². The molecule has 1 aliphatic heterocycles. The number of pyridine rings is 1. The number of hydrogen-bond donors (Lipinski definition) is 2. The third kappa shape index (κ3) is 2.95. The van der Waals surface area contributed by atoms with Crippen LogP contribution in [-0.4, -0.2) is 25.2 Å². The Morgan fingerprint density at radius 3 is 2.47 bits per heavy atom. The minimum Gasteiger partial charge on any atom is -0.472 e. The van der Waals surface area contributed by atoms with Gasteiger partial charge >= 0.3 is 0 Å². The predicted octanol–water partition coefficient (Wildman–Crippen LogP) is 4.72. The molecular weight excluding hydrogens is 424 g/mol. The van der Waals surface area contributed by atoms with Gasteiger partial charge in [-0.05, 0) is 43.2 Å². The summed E-state index contributed by atoms with van der Waals surface area (Å²) in [7, 11) is 0. The number of fused-ring (bicyclic) bond motifs is 3. The maximum absolute atomic E-state index is 10.8. The molecule has 6 nitrogen and oxygen atoms in total. The molecule has 2 aromatic heterocycles. The summed E-state index contributed by atoms with van der Waals surface area (Å²) in [5, 5.41) is 10.8. The van der Waals surface area contributed by atoms with Crippen LogP contribution in [0.5, 0.6) is 5.75 Å². The van der Waals surface area contributed by atoms with Crippen LogP contribution in [0.25, 0.3) is 33.9 Å². The van der Waals surface area contributed by atoms with Gasteiger partial charge in [-0.25, -0.2) is 4.98 Å². The summed E-state index contributed by atoms with van der Waals surface area (Å²) in [6.45, 7) is 0.396. The molecule has 3 aliphatic rings. The third-order valence-corrected chi connectivity index (χ3v) is 7.70. The second-order valence-corrected chi connectivity index (χ2v) is 10.0. The van der Waals surface area contributed by atoms with E-state index in [0.717, 1.165) is 58.1 Å². The average Bonchev–Trinajstić information content (AvgIpc) is 3.64. The van der Waals surface area contributed by atoms with E-state index in [2.05, 4.69) is 45.9 Å². The summed E-state index contributed by atoms with van der Waals surface area (Å²) in [6, 6.07) is 20.6. The molecule has 0 unspecified atom stereocenters. The molecule has 3 heterocycles. The highest BCUT2D eigenvalue weighted by Crippen LogP contribution is 2.57. The highest BCUT2D eigenvalue weighted by atomic mass is 16.5. The van der Waals surface area contributed by atoms with E-state index in [-0.39, 0.29) is 0 Å². The first-order valence-corrected chi connectivity index (χ1v) is 11.9. The van der Waals surface area contributed by atoms with E-state index in [1.54, 1.807) is 6.20 Å². The molecule has 4 aromatic rings. The van der Waals surface area contributed by atoms with Gasteiger partial charge in [0.25, 0.3) is 0 Å². The van der Waals surface area contributed by atoms with Crippen LogP contribution in [0.1, 0.15) is 31.2 Å². The van der Waals surface area contributed by atoms with E-state index >= 15 is 0 Å². The predicted molar refractivity (Wildman–Crippen MR) is 130 cm³/mol. The smallest absolute Gasteiger partial charge is 0.167 e. The number of benzene rings is 2. The number of nitrogens with two attached hydrogens (primary N) is 1. The summed E-state index contributed by atoms with van der Waals surface area (Å²) >= 11 is 0. The van der Waals surface area contributed by atoms with Crippen LogP contribution in [0, 0.1) is 5.92 Å². The Hall–Kier alpha value is -3.48. The van der Waals surface area contributed by atoms with Gasteiger partial charge in [0.2, 0.25) is 0 Å². The lowest BCUT2D eigenvalue weighted by molar-refractivity contribution is -0.106. The minimum atomic E-state index is -0.571. The first-order valence-electron chi connectivity index (χ1n) is 11.9. The van der Waals surface area contributed by atoms with Gasteiger partial charge in [0.1, 0.15) is 11.6 Å². The molecule has 0 spiro atoms. The molecule has 0 bridgehead atoms. The van der Waals surface area contributed by atoms with E-state index in [1.807, 2.05) is 30.5 Å². The van der Waals surface area contributed by atoms with Crippen LogP contribution in [-0.2, 0) is 12.3 Å². The topological polar surface area (TPSA) is 86.2 Å². The van der Waals surface area contributed by atoms with Crippen molar-refractivity contribution in [1.82, 2.24) is 14.5 Å². The van der Waals surface area contributed by atoms with Crippen LogP contribution >= 0.6 is 0 Å². The summed E-state index contributed by atoms with van der Waals surface area (Å²) in [4.78, 5) is 9.39. The van der Waals surface area contributed by atoms with Crippen molar-refractivity contribution in [3.05, 3.63) is 78.6 Å². The van der Waals surface area contributed by atoms with Crippen molar-refractivity contribution in [3.63, 3.8) is 0 Å². The Bertz CT molecular complexity index is 1380. The van der Waals surface area contributed by atoms with Gasteiger partial charge in [0.05, 0.1) is 22.6 Å². The highest BCUT2D eigenvalue weighted by molar-refractivity contribution is 5.83. The van der Waals surface area contributed by atoms with Gasteiger partial charge in [-0.3, -0.25) is 9.55 Å². The zero-order chi connectivity index (χ0) is 22.9. The normalized spacial score (nSPS) is 25.1. The Labute approximate surface area is 198 Å². The standard InChI is InChI=1S/C28H26N4O2/c29-27(15-28(33,16-27)21-10-11-21)20-8-6-18(7-9-20)24-25(19-4-2-1-3-5-19)32-17-34-23-12-13-30-14-22(23)26(32)31-24/h1-9,12-14,21,33H,10-11,15-17,29H2/t27-,28-. The molecule has 170 valence electrons. The average molecular weight is 451 g/mol. The Morgan fingerprint density at radius 2 is 1.74 bits per heavy atom. The monoisotopic (exact) mass is 450 g/mol. The minimum absolute atomic E-state index is 0.396. The van der Waals surface area contributed by atoms with Gasteiger partial charge in [-0.1, -0.05) is 54.6 Å². The number of aromatic nitrogens is 3. The summed E-state index contributed by atoms with van der Waals surface area (Å²) < 4.78 is 8.15. The molecule has 0 radical (unpaired) electrons. The fraction of sp³-hybridized carbons (Fsp3) is 0.286. The lowest BCUT2D eigenvalue weighted by Crippen LogP contribution is -2.60. The zero-order valence-electron chi connectivity index (χ0n) is 18.8. The summed E-state index contributed by atoms with van der Waals surface area (Å²) in [6.07, 6.45) is 7.08. The van der Waals surface area contributed by atoms with Crippen LogP contribution in [0.3, 0.4) is 0 Å². The van der Waals surface area contributed by atoms with Crippen molar-refractivity contribution in [2.24, 2.45) is 11.7 Å². The molecule has 2 fully saturated rings. The molecule has 34 heavy (non-hydrogen) atoms. The van der Waals surface area contributed by atoms with E-state index in [0.29, 0.717) is 25.5 Å². The molecule has 0 atom stereocenters. The molecule has 3 N–H and O–H groups in total. The van der Waals surface area contributed by atoms with Crippen molar-refractivity contribution >= 4 is 0 Å². The van der Waals surface area contributed by atoms with Gasteiger partial charge in [-0.2, -0.15) is 0 Å². The third-order valence-electron chi connectivity index (χ3n) is 7.70. The molecule has 0 amide bonds. The van der Waals surface area contributed by atoms with Crippen LogP contribution in [0.2, 0.25) is 0 Å². The Kier molecular flexibility index (Phi) is 4.11. The Morgan fingerprint density at radius 1 is 0.971 bits per heavy atom. The lowest BCUT2D eigenvalue weighted by Gasteiger charge is -2.52. The number of aliphatic hydroxyl groups is 1. The van der Waals surface area contributed by atoms with Gasteiger partial charge in [0.15, 0.2) is 6.73 Å². The number of imidazole rings is 1. The Balaban J connectivity index is 1.30. The second kappa shape index (κ2) is 7.01. The summed E-state index contributed by atoms with van der Waals surface area (Å²) in [5.41, 5.74) is 11.7. The number of hydrogen-bond acceptors (Lipinski definition) is 5. The van der Waals surface area contributed by atoms with Crippen molar-refractivity contribution < 1.29 is 9.84 Å². The van der Waals surface area contributed by atoms with Crippen molar-refractivity contribution in [2.45, 2.75) is 43.6 Å². The molecule has 2 aliphatic carbocycles. The van der Waals surface area contributed by atoms with Crippen molar-refractivity contribution in [2.75, 3.05) is 0 Å². The second-order valence-electron chi connectivity index (χ2n) is 10.0. The highest BCUT2D eigenvalue weighted by Gasteiger charge is 2.58. The quantitative estimate of drug-likeness (QED) is 0.470. The first kappa shape index (κ1) is 19.9. The lowest BCUT2D eigenvalue weighted by atomic mass is 9.60. The molecule has 6 heteroatoms. The van der Waals surface area contributed by atoms with E-state index in [4.69, 9.17) is 15.5 Å². The number of nitrogens with zero attached hydrogens (tertiary/aromatic N) is 3. The first-order chi connectivity index (χ1) is 16.5. The number of ether oxygens (including phenoxy) is 1. The molecule has 2 saturated carbocycles. The van der Waals surface area contributed by atoms with Crippen LogP contribution in [0.4, 0.5) is 0 Å². The van der Waals surface area contributed by atoms with E-state index in [9.17, 15) is 5.11 Å². The maximum atomic E-state index is 10.8. The zero-order valence-corrected chi connectivity index (χ0v) is 18.8. The molecule has 0 saturated heterocycles. The van der Waals surface area contributed by atoms with Gasteiger partial charge in [0, 0.05) is 29.1 Å².